The van der Waals surface area contributed by atoms with Crippen LogP contribution in [-0.4, -0.2) is 68.9 Å². The van der Waals surface area contributed by atoms with Gasteiger partial charge in [-0.2, -0.15) is 0 Å². The Morgan fingerprint density at radius 2 is 1.89 bits per heavy atom. The SMILES string of the molecule is COc1c(Nc2cc(N)nn3ccnc23)cccc1-c1ccc2c(c1)C1(CC1)CN(Cc1cccc(C(=O)N(C)C)n1)C2=O. The van der Waals surface area contributed by atoms with Crippen LogP contribution in [-0.2, 0) is 12.0 Å². The van der Waals surface area contributed by atoms with Gasteiger partial charge in [-0.25, -0.2) is 14.5 Å². The molecule has 0 atom stereocenters. The number of fused-ring (bicyclic) bond motifs is 3. The summed E-state index contributed by atoms with van der Waals surface area (Å²) >= 11 is 0. The van der Waals surface area contributed by atoms with Gasteiger partial charge in [0.15, 0.2) is 5.65 Å². The average molecular weight is 589 g/mol. The van der Waals surface area contributed by atoms with Crippen LogP contribution in [0, 0.1) is 0 Å². The van der Waals surface area contributed by atoms with Gasteiger partial charge in [0, 0.05) is 55.6 Å². The Kier molecular flexibility index (Phi) is 6.45. The molecule has 1 aliphatic heterocycles. The lowest BCUT2D eigenvalue weighted by Gasteiger charge is -2.35. The zero-order valence-corrected chi connectivity index (χ0v) is 24.7. The van der Waals surface area contributed by atoms with Crippen molar-refractivity contribution >= 4 is 34.7 Å². The third-order valence-electron chi connectivity index (χ3n) is 8.42. The van der Waals surface area contributed by atoms with Gasteiger partial charge < -0.3 is 25.6 Å². The first-order valence-electron chi connectivity index (χ1n) is 14.4. The highest BCUT2D eigenvalue weighted by Crippen LogP contribution is 2.53. The third kappa shape index (κ3) is 4.66. The zero-order chi connectivity index (χ0) is 30.6. The van der Waals surface area contributed by atoms with E-state index in [0.717, 1.165) is 35.2 Å². The van der Waals surface area contributed by atoms with Crippen LogP contribution in [0.2, 0.25) is 0 Å². The Morgan fingerprint density at radius 1 is 1.07 bits per heavy atom. The zero-order valence-electron chi connectivity index (χ0n) is 24.7. The number of nitrogens with zero attached hydrogens (tertiary/aromatic N) is 6. The lowest BCUT2D eigenvalue weighted by Crippen LogP contribution is -2.43. The quantitative estimate of drug-likeness (QED) is 0.284. The summed E-state index contributed by atoms with van der Waals surface area (Å²) in [6.07, 6.45) is 5.42. The van der Waals surface area contributed by atoms with Gasteiger partial charge >= 0.3 is 0 Å². The maximum absolute atomic E-state index is 13.8. The van der Waals surface area contributed by atoms with Gasteiger partial charge in [-0.1, -0.05) is 24.3 Å². The summed E-state index contributed by atoms with van der Waals surface area (Å²) in [6, 6.07) is 19.1. The van der Waals surface area contributed by atoms with E-state index in [-0.39, 0.29) is 17.2 Å². The van der Waals surface area contributed by atoms with Crippen molar-refractivity contribution in [1.29, 1.82) is 0 Å². The molecule has 0 unspecified atom stereocenters. The molecule has 2 aliphatic rings. The molecule has 1 saturated carbocycles. The number of nitrogens with two attached hydrogens (primary N) is 1. The first-order chi connectivity index (χ1) is 21.3. The van der Waals surface area contributed by atoms with Crippen LogP contribution in [0.5, 0.6) is 5.75 Å². The summed E-state index contributed by atoms with van der Waals surface area (Å²) in [4.78, 5) is 38.5. The standard InChI is InChI=1S/C33H32N8O3/c1-39(2)32(43)26-9-4-6-21(36-26)18-40-19-33(12-13-33)24-16-20(10-11-23(24)31(40)42)22-7-5-8-25(29(22)44-3)37-27-17-28(34)38-41-15-14-35-30(27)41/h4-11,14-17,37H,12-13,18-19H2,1-3H3,(H2,34,38). The van der Waals surface area contributed by atoms with Crippen molar-refractivity contribution in [2.75, 3.05) is 38.8 Å². The molecular formula is C33H32N8O3. The Balaban J connectivity index is 1.20. The van der Waals surface area contributed by atoms with Crippen molar-refractivity contribution in [3.63, 3.8) is 0 Å². The van der Waals surface area contributed by atoms with Gasteiger partial charge in [-0.15, -0.1) is 5.10 Å². The van der Waals surface area contributed by atoms with Gasteiger partial charge in [-0.3, -0.25) is 9.59 Å². The molecule has 44 heavy (non-hydrogen) atoms. The minimum absolute atomic E-state index is 0.0309. The fourth-order valence-corrected chi connectivity index (χ4v) is 6.10. The number of hydrogen-bond donors (Lipinski definition) is 2. The van der Waals surface area contributed by atoms with Crippen LogP contribution < -0.4 is 15.8 Å². The first kappa shape index (κ1) is 27.4. The average Bonchev–Trinajstić information content (AvgIpc) is 3.64. The molecule has 1 aliphatic carbocycles. The monoisotopic (exact) mass is 588 g/mol. The molecule has 2 aromatic carbocycles. The minimum atomic E-state index is -0.164. The van der Waals surface area contributed by atoms with E-state index in [4.69, 9.17) is 10.5 Å². The summed E-state index contributed by atoms with van der Waals surface area (Å²) in [6.45, 7) is 0.958. The van der Waals surface area contributed by atoms with Crippen molar-refractivity contribution < 1.29 is 14.3 Å². The second-order valence-corrected chi connectivity index (χ2v) is 11.6. The van der Waals surface area contributed by atoms with Crippen LogP contribution in [0.25, 0.3) is 16.8 Å². The highest BCUT2D eigenvalue weighted by atomic mass is 16.5. The van der Waals surface area contributed by atoms with E-state index in [1.165, 1.54) is 4.90 Å². The third-order valence-corrected chi connectivity index (χ3v) is 8.42. The van der Waals surface area contributed by atoms with E-state index in [1.807, 2.05) is 47.4 Å². The molecule has 1 fully saturated rings. The molecule has 0 saturated heterocycles. The van der Waals surface area contributed by atoms with Crippen LogP contribution >= 0.6 is 0 Å². The molecule has 3 N–H and O–H groups in total. The normalized spacial score (nSPS) is 14.9. The number of pyridine rings is 1. The Bertz CT molecular complexity index is 1950. The van der Waals surface area contributed by atoms with Crippen molar-refractivity contribution in [2.24, 2.45) is 0 Å². The van der Waals surface area contributed by atoms with Gasteiger partial charge in [0.1, 0.15) is 17.3 Å². The van der Waals surface area contributed by atoms with E-state index >= 15 is 0 Å². The summed E-state index contributed by atoms with van der Waals surface area (Å²) in [5, 5.41) is 7.70. The van der Waals surface area contributed by atoms with E-state index < -0.39 is 0 Å². The van der Waals surface area contributed by atoms with Crippen molar-refractivity contribution in [2.45, 2.75) is 24.8 Å². The molecule has 0 radical (unpaired) electrons. The molecule has 1 spiro atoms. The maximum Gasteiger partial charge on any atom is 0.271 e. The highest BCUT2D eigenvalue weighted by molar-refractivity contribution is 5.99. The molecule has 222 valence electrons. The van der Waals surface area contributed by atoms with Crippen molar-refractivity contribution in [3.05, 3.63) is 95.6 Å². The van der Waals surface area contributed by atoms with Crippen LogP contribution in [0.15, 0.2) is 73.1 Å². The molecular weight excluding hydrogens is 556 g/mol. The molecule has 7 rings (SSSR count). The number of rotatable bonds is 7. The Morgan fingerprint density at radius 3 is 2.66 bits per heavy atom. The maximum atomic E-state index is 13.8. The van der Waals surface area contributed by atoms with Gasteiger partial charge in [0.2, 0.25) is 0 Å². The summed E-state index contributed by atoms with van der Waals surface area (Å²) in [5.74, 6) is 0.834. The fourth-order valence-electron chi connectivity index (χ4n) is 6.10. The Labute approximate surface area is 254 Å². The Hall–Kier alpha value is -5.45. The summed E-state index contributed by atoms with van der Waals surface area (Å²) < 4.78 is 7.57. The van der Waals surface area contributed by atoms with E-state index in [1.54, 1.807) is 50.2 Å². The molecule has 11 heteroatoms. The molecule has 11 nitrogen and oxygen atoms in total. The first-order valence-corrected chi connectivity index (χ1v) is 14.4. The van der Waals surface area contributed by atoms with E-state index in [2.05, 4.69) is 26.4 Å². The smallest absolute Gasteiger partial charge is 0.271 e. The number of methoxy groups -OCH3 is 1. The number of hydrogen-bond acceptors (Lipinski definition) is 8. The highest BCUT2D eigenvalue weighted by Gasteiger charge is 2.51. The number of anilines is 3. The number of carbonyl (C=O) groups is 2. The number of nitrogens with one attached hydrogen (secondary N) is 1. The molecule has 5 aromatic rings. The predicted molar refractivity (Wildman–Crippen MR) is 167 cm³/mol. The van der Waals surface area contributed by atoms with Gasteiger partial charge in [0.05, 0.1) is 30.7 Å². The number of amides is 2. The number of nitrogen functional groups attached to an aromatic ring is 1. The van der Waals surface area contributed by atoms with Crippen LogP contribution in [0.1, 0.15) is 44.9 Å². The fraction of sp³-hybridized carbons (Fsp3) is 0.242. The number of para-hydroxylation sites is 1. The second kappa shape index (κ2) is 10.4. The van der Waals surface area contributed by atoms with Gasteiger partial charge in [0.25, 0.3) is 11.8 Å². The summed E-state index contributed by atoms with van der Waals surface area (Å²) in [5.41, 5.74) is 12.8. The van der Waals surface area contributed by atoms with Crippen LogP contribution in [0.3, 0.4) is 0 Å². The number of imidazole rings is 1. The predicted octanol–water partition coefficient (Wildman–Crippen LogP) is 4.52. The lowest BCUT2D eigenvalue weighted by molar-refractivity contribution is 0.0696. The number of aromatic nitrogens is 4. The van der Waals surface area contributed by atoms with E-state index in [9.17, 15) is 9.59 Å². The second-order valence-electron chi connectivity index (χ2n) is 11.6. The number of carbonyl (C=O) groups excluding carboxylic acids is 2. The van der Waals surface area contributed by atoms with Crippen LogP contribution in [0.4, 0.5) is 17.2 Å². The van der Waals surface area contributed by atoms with Crippen molar-refractivity contribution in [3.8, 4) is 16.9 Å². The number of benzene rings is 2. The van der Waals surface area contributed by atoms with Gasteiger partial charge in [-0.05, 0) is 54.3 Å². The topological polar surface area (TPSA) is 131 Å². The lowest BCUT2D eigenvalue weighted by atomic mass is 9.84. The molecule has 2 amide bonds. The molecule has 4 heterocycles. The largest absolute Gasteiger partial charge is 0.494 e. The minimum Gasteiger partial charge on any atom is -0.494 e. The van der Waals surface area contributed by atoms with Crippen molar-refractivity contribution in [1.82, 2.24) is 29.4 Å². The summed E-state index contributed by atoms with van der Waals surface area (Å²) in [7, 11) is 5.04. The number of ether oxygens (including phenoxy) is 1. The molecule has 0 bridgehead atoms. The molecule has 3 aromatic heterocycles. The van der Waals surface area contributed by atoms with E-state index in [0.29, 0.717) is 52.9 Å².